The van der Waals surface area contributed by atoms with Crippen molar-refractivity contribution in [2.45, 2.75) is 25.6 Å². The summed E-state index contributed by atoms with van der Waals surface area (Å²) in [6.45, 7) is 1.91. The van der Waals surface area contributed by atoms with Crippen molar-refractivity contribution in [3.63, 3.8) is 0 Å². The first-order valence-corrected chi connectivity index (χ1v) is 9.07. The van der Waals surface area contributed by atoms with Gasteiger partial charge < -0.3 is 9.47 Å². The molecule has 0 saturated heterocycles. The molecule has 3 aromatic rings. The molecule has 0 unspecified atom stereocenters. The molecule has 3 aromatic carbocycles. The lowest BCUT2D eigenvalue weighted by atomic mass is 10.1. The van der Waals surface area contributed by atoms with Gasteiger partial charge in [-0.05, 0) is 72.6 Å². The summed E-state index contributed by atoms with van der Waals surface area (Å²) in [6, 6.07) is 16.7. The van der Waals surface area contributed by atoms with Gasteiger partial charge in [0.25, 0.3) is 0 Å². The third-order valence-corrected chi connectivity index (χ3v) is 4.36. The van der Waals surface area contributed by atoms with Crippen molar-refractivity contribution in [1.29, 1.82) is 5.26 Å². The van der Waals surface area contributed by atoms with Gasteiger partial charge in [-0.25, -0.2) is 0 Å². The van der Waals surface area contributed by atoms with E-state index in [1.54, 1.807) is 12.1 Å². The number of nitriles is 1. The van der Waals surface area contributed by atoms with E-state index in [1.165, 1.54) is 36.4 Å². The molecule has 7 heteroatoms. The molecule has 0 aliphatic heterocycles. The van der Waals surface area contributed by atoms with Crippen LogP contribution in [0.1, 0.15) is 29.2 Å². The van der Waals surface area contributed by atoms with Crippen molar-refractivity contribution in [2.24, 2.45) is 0 Å². The highest BCUT2D eigenvalue weighted by Crippen LogP contribution is 2.35. The first-order chi connectivity index (χ1) is 14.2. The predicted molar refractivity (Wildman–Crippen MR) is 102 cm³/mol. The molecular formula is C23H17F4NO2. The molecule has 0 spiro atoms. The quantitative estimate of drug-likeness (QED) is 0.421. The first kappa shape index (κ1) is 21.2. The number of halogens is 4. The molecule has 0 aromatic heterocycles. The fourth-order valence-electron chi connectivity index (χ4n) is 2.66. The highest BCUT2D eigenvalue weighted by molar-refractivity contribution is 5.36. The zero-order valence-electron chi connectivity index (χ0n) is 15.9. The van der Waals surface area contributed by atoms with E-state index in [9.17, 15) is 17.6 Å². The van der Waals surface area contributed by atoms with Crippen molar-refractivity contribution >= 4 is 0 Å². The number of nitrogens with zero attached hydrogens (tertiary/aromatic N) is 1. The van der Waals surface area contributed by atoms with Crippen molar-refractivity contribution in [3.8, 4) is 17.6 Å². The van der Waals surface area contributed by atoms with Crippen molar-refractivity contribution in [1.82, 2.24) is 0 Å². The minimum absolute atomic E-state index is 0.138. The Hall–Kier alpha value is -3.53. The van der Waals surface area contributed by atoms with Gasteiger partial charge in [-0.1, -0.05) is 19.1 Å². The smallest absolute Gasteiger partial charge is 0.426 e. The predicted octanol–water partition coefficient (Wildman–Crippen LogP) is 6.38. The standard InChI is InChI=1S/C23H17F4NO2/c1-2-16-3-7-18(8-4-16)22(24,25)30-21-13-9-19(10-14-21)23(26,27)29-20-11-5-17(15-28)6-12-20/h3-14H,2H2,1H3. The molecule has 0 radical (unpaired) electrons. The summed E-state index contributed by atoms with van der Waals surface area (Å²) in [5, 5.41) is 8.74. The molecule has 0 N–H and O–H groups in total. The van der Waals surface area contributed by atoms with Crippen LogP contribution in [0.5, 0.6) is 11.5 Å². The summed E-state index contributed by atoms with van der Waals surface area (Å²) < 4.78 is 66.8. The van der Waals surface area contributed by atoms with Crippen LogP contribution in [0.4, 0.5) is 17.6 Å². The molecule has 0 aliphatic rings. The number of rotatable bonds is 7. The van der Waals surface area contributed by atoms with Crippen molar-refractivity contribution < 1.29 is 27.0 Å². The van der Waals surface area contributed by atoms with Crippen LogP contribution < -0.4 is 9.47 Å². The van der Waals surface area contributed by atoms with Crippen LogP contribution in [0, 0.1) is 11.3 Å². The van der Waals surface area contributed by atoms with Crippen LogP contribution in [0.2, 0.25) is 0 Å². The zero-order valence-corrected chi connectivity index (χ0v) is 15.9. The highest BCUT2D eigenvalue weighted by Gasteiger charge is 2.36. The molecule has 0 amide bonds. The molecule has 0 aliphatic carbocycles. The third-order valence-electron chi connectivity index (χ3n) is 4.36. The Morgan fingerprint density at radius 2 is 1.10 bits per heavy atom. The first-order valence-electron chi connectivity index (χ1n) is 9.07. The second kappa shape index (κ2) is 8.46. The monoisotopic (exact) mass is 415 g/mol. The lowest BCUT2D eigenvalue weighted by Gasteiger charge is -2.20. The molecule has 3 nitrogen and oxygen atoms in total. The average Bonchev–Trinajstić information content (AvgIpc) is 2.74. The second-order valence-corrected chi connectivity index (χ2v) is 6.45. The second-order valence-electron chi connectivity index (χ2n) is 6.45. The van der Waals surface area contributed by atoms with Gasteiger partial charge in [0.1, 0.15) is 11.5 Å². The molecule has 3 rings (SSSR count). The molecule has 0 fully saturated rings. The molecular weight excluding hydrogens is 398 g/mol. The van der Waals surface area contributed by atoms with Crippen LogP contribution in [0.25, 0.3) is 0 Å². The van der Waals surface area contributed by atoms with E-state index in [-0.39, 0.29) is 17.1 Å². The summed E-state index contributed by atoms with van der Waals surface area (Å²) in [5.74, 6) is -0.404. The fourth-order valence-corrected chi connectivity index (χ4v) is 2.66. The maximum atomic E-state index is 14.4. The van der Waals surface area contributed by atoms with Crippen LogP contribution >= 0.6 is 0 Å². The van der Waals surface area contributed by atoms with Gasteiger partial charge in [-0.2, -0.15) is 22.8 Å². The third kappa shape index (κ3) is 4.90. The number of hydrogen-bond acceptors (Lipinski definition) is 3. The van der Waals surface area contributed by atoms with Crippen LogP contribution in [-0.4, -0.2) is 0 Å². The van der Waals surface area contributed by atoms with E-state index < -0.39 is 17.8 Å². The van der Waals surface area contributed by atoms with E-state index in [4.69, 9.17) is 10.00 Å². The maximum absolute atomic E-state index is 14.4. The lowest BCUT2D eigenvalue weighted by molar-refractivity contribution is -0.187. The summed E-state index contributed by atoms with van der Waals surface area (Å²) in [4.78, 5) is 0. The van der Waals surface area contributed by atoms with Crippen molar-refractivity contribution in [3.05, 3.63) is 95.1 Å². The van der Waals surface area contributed by atoms with E-state index in [1.807, 2.05) is 13.0 Å². The Labute approximate surface area is 171 Å². The van der Waals surface area contributed by atoms with E-state index in [0.29, 0.717) is 12.0 Å². The summed E-state index contributed by atoms with van der Waals surface area (Å²) >= 11 is 0. The molecule has 0 saturated carbocycles. The summed E-state index contributed by atoms with van der Waals surface area (Å²) in [6.07, 6.45) is -6.60. The van der Waals surface area contributed by atoms with Crippen molar-refractivity contribution in [2.75, 3.05) is 0 Å². The van der Waals surface area contributed by atoms with Gasteiger partial charge in [0.2, 0.25) is 0 Å². The Morgan fingerprint density at radius 1 is 0.700 bits per heavy atom. The van der Waals surface area contributed by atoms with E-state index >= 15 is 0 Å². The Bertz CT molecular complexity index is 1020. The van der Waals surface area contributed by atoms with Crippen LogP contribution in [0.3, 0.4) is 0 Å². The lowest BCUT2D eigenvalue weighted by Crippen LogP contribution is -2.23. The number of aryl methyl sites for hydroxylation is 1. The minimum atomic E-state index is -3.70. The van der Waals surface area contributed by atoms with Gasteiger partial charge in [-0.3, -0.25) is 0 Å². The topological polar surface area (TPSA) is 42.2 Å². The van der Waals surface area contributed by atoms with Gasteiger partial charge in [0.05, 0.1) is 22.8 Å². The van der Waals surface area contributed by atoms with Crippen LogP contribution in [0.15, 0.2) is 72.8 Å². The highest BCUT2D eigenvalue weighted by atomic mass is 19.3. The largest absolute Gasteiger partial charge is 0.429 e. The molecule has 154 valence electrons. The Morgan fingerprint density at radius 3 is 1.50 bits per heavy atom. The SMILES string of the molecule is CCc1ccc(C(F)(F)Oc2ccc(C(F)(F)Oc3ccc(C#N)cc3)cc2)cc1. The fraction of sp³-hybridized carbons (Fsp3) is 0.174. The number of benzene rings is 3. The Kier molecular flexibility index (Phi) is 5.97. The van der Waals surface area contributed by atoms with Crippen LogP contribution in [-0.2, 0) is 18.6 Å². The molecule has 0 heterocycles. The van der Waals surface area contributed by atoms with E-state index in [0.717, 1.165) is 29.8 Å². The van der Waals surface area contributed by atoms with Gasteiger partial charge in [0, 0.05) is 0 Å². The molecule has 30 heavy (non-hydrogen) atoms. The van der Waals surface area contributed by atoms with Gasteiger partial charge >= 0.3 is 12.2 Å². The molecule has 0 bridgehead atoms. The minimum Gasteiger partial charge on any atom is -0.429 e. The normalized spacial score (nSPS) is 11.6. The maximum Gasteiger partial charge on any atom is 0.426 e. The molecule has 0 atom stereocenters. The van der Waals surface area contributed by atoms with Gasteiger partial charge in [-0.15, -0.1) is 0 Å². The zero-order chi connectivity index (χ0) is 21.8. The summed E-state index contributed by atoms with van der Waals surface area (Å²) in [5.41, 5.74) is 0.342. The van der Waals surface area contributed by atoms with E-state index in [2.05, 4.69) is 4.74 Å². The number of ether oxygens (including phenoxy) is 2. The van der Waals surface area contributed by atoms with Gasteiger partial charge in [0.15, 0.2) is 0 Å². The Balaban J connectivity index is 1.71. The number of alkyl halides is 4. The average molecular weight is 415 g/mol. The number of hydrogen-bond donors (Lipinski definition) is 0. The summed E-state index contributed by atoms with van der Waals surface area (Å²) in [7, 11) is 0.